The van der Waals surface area contributed by atoms with Crippen molar-refractivity contribution in [3.05, 3.63) is 121 Å². The maximum atomic E-state index is 14.3. The summed E-state index contributed by atoms with van der Waals surface area (Å²) in [7, 11) is 4.57. The van der Waals surface area contributed by atoms with Gasteiger partial charge in [0.15, 0.2) is 0 Å². The molecule has 4 N–H and O–H groups in total. The van der Waals surface area contributed by atoms with E-state index in [1.807, 2.05) is 85.0 Å². The SMILES string of the molecule is COC(=O)N[C@H](C(=O)N1CCC[C@@]1(C)c1ncc(-c2ccc3cc(-c4ccc(-c5cnc([C@@H]6CCCN6C(=O)[C@@H](Cc6cn(C)c7ccccc67)NC(=O)OC)[nH]5)cc4)ccc3c2)[nH]1)C(C)C. The minimum Gasteiger partial charge on any atom is -0.453 e. The Labute approximate surface area is 389 Å². The van der Waals surface area contributed by atoms with E-state index in [9.17, 15) is 19.2 Å². The van der Waals surface area contributed by atoms with E-state index in [0.29, 0.717) is 31.2 Å². The van der Waals surface area contributed by atoms with Crippen molar-refractivity contribution in [3.63, 3.8) is 0 Å². The number of para-hydroxylation sites is 1. The summed E-state index contributed by atoms with van der Waals surface area (Å²) in [6.07, 6.45) is 7.84. The number of benzene rings is 4. The van der Waals surface area contributed by atoms with Gasteiger partial charge < -0.3 is 44.4 Å². The maximum absolute atomic E-state index is 14.3. The van der Waals surface area contributed by atoms with Crippen molar-refractivity contribution in [2.24, 2.45) is 13.0 Å². The van der Waals surface area contributed by atoms with Crippen LogP contribution in [-0.4, -0.2) is 97.7 Å². The zero-order chi connectivity index (χ0) is 47.0. The largest absolute Gasteiger partial charge is 0.453 e. The zero-order valence-corrected chi connectivity index (χ0v) is 38.8. The molecule has 2 saturated heterocycles. The van der Waals surface area contributed by atoms with Crippen LogP contribution in [-0.2, 0) is 38.1 Å². The predicted molar refractivity (Wildman–Crippen MR) is 257 cm³/mol. The second-order valence-corrected chi connectivity index (χ2v) is 18.3. The highest BCUT2D eigenvalue weighted by Gasteiger charge is 2.46. The fraction of sp³-hybridized carbons (Fsp3) is 0.346. The van der Waals surface area contributed by atoms with E-state index in [4.69, 9.17) is 19.4 Å². The number of alkyl carbamates (subject to hydrolysis) is 2. The molecule has 15 heteroatoms. The van der Waals surface area contributed by atoms with E-state index in [0.717, 1.165) is 86.6 Å². The summed E-state index contributed by atoms with van der Waals surface area (Å²) in [5.74, 6) is 0.970. The molecule has 2 aliphatic heterocycles. The summed E-state index contributed by atoms with van der Waals surface area (Å²) in [6, 6.07) is 27.4. The van der Waals surface area contributed by atoms with Crippen LogP contribution in [0.3, 0.4) is 0 Å². The molecule has 0 bridgehead atoms. The number of H-pyrrole nitrogens is 2. The second-order valence-electron chi connectivity index (χ2n) is 18.3. The van der Waals surface area contributed by atoms with Crippen LogP contribution in [0.25, 0.3) is 55.3 Å². The van der Waals surface area contributed by atoms with Crippen LogP contribution in [0, 0.1) is 5.92 Å². The number of fused-ring (bicyclic) bond motifs is 2. The minimum atomic E-state index is -0.817. The topological polar surface area (TPSA) is 180 Å². The molecule has 3 aromatic heterocycles. The van der Waals surface area contributed by atoms with Gasteiger partial charge in [0.05, 0.1) is 49.6 Å². The van der Waals surface area contributed by atoms with Crippen molar-refractivity contribution in [2.45, 2.75) is 76.5 Å². The third-order valence-electron chi connectivity index (χ3n) is 13.7. The van der Waals surface area contributed by atoms with E-state index >= 15 is 0 Å². The quantitative estimate of drug-likeness (QED) is 0.0941. The molecule has 0 aliphatic carbocycles. The Bertz CT molecular complexity index is 2970. The Morgan fingerprint density at radius 1 is 0.776 bits per heavy atom. The van der Waals surface area contributed by atoms with Gasteiger partial charge in [0.1, 0.15) is 23.7 Å². The first-order valence-corrected chi connectivity index (χ1v) is 22.9. The van der Waals surface area contributed by atoms with Crippen LogP contribution in [0.15, 0.2) is 104 Å². The molecule has 0 spiro atoms. The number of aromatic nitrogens is 5. The second kappa shape index (κ2) is 18.5. The molecule has 9 rings (SSSR count). The fourth-order valence-corrected chi connectivity index (χ4v) is 9.98. The van der Waals surface area contributed by atoms with Crippen LogP contribution in [0.1, 0.15) is 69.7 Å². The number of nitrogens with one attached hydrogen (secondary N) is 4. The van der Waals surface area contributed by atoms with E-state index < -0.39 is 29.8 Å². The molecule has 2 fully saturated rings. The van der Waals surface area contributed by atoms with Gasteiger partial charge in [0.2, 0.25) is 11.8 Å². The van der Waals surface area contributed by atoms with E-state index in [1.165, 1.54) is 14.2 Å². The standard InChI is InChI=1S/C52H57N9O6/c1-31(2)45(58-51(65)67-6)48(63)61-24-10-22-52(61,3)49-54-29-42(56-49)37-21-20-35-25-34(18-19-36(35)26-37)32-14-16-33(17-15-32)41-28-53-46(55-41)44-13-9-23-60(44)47(62)40(57-50(64)66-5)27-38-30-59(4)43-12-8-7-11-39(38)43/h7-8,11-12,14-21,25-26,28-31,40,44-45H,9-10,13,22-24,27H2,1-6H3,(H,53,55)(H,54,56)(H,57,64)(H,58,65)/t40-,44+,45+,52+/m1/s1. The Balaban J connectivity index is 0.878. The molecule has 5 heterocycles. The number of rotatable bonds is 12. The van der Waals surface area contributed by atoms with Crippen molar-refractivity contribution in [3.8, 4) is 33.6 Å². The molecule has 15 nitrogen and oxygen atoms in total. The van der Waals surface area contributed by atoms with Crippen molar-refractivity contribution in [1.82, 2.24) is 44.9 Å². The molecule has 0 unspecified atom stereocenters. The lowest BCUT2D eigenvalue weighted by molar-refractivity contribution is -0.138. The smallest absolute Gasteiger partial charge is 0.407 e. The van der Waals surface area contributed by atoms with Crippen LogP contribution in [0.4, 0.5) is 9.59 Å². The van der Waals surface area contributed by atoms with Gasteiger partial charge in [0, 0.05) is 49.2 Å². The number of hydrogen-bond acceptors (Lipinski definition) is 8. The molecule has 0 radical (unpaired) electrons. The van der Waals surface area contributed by atoms with Crippen LogP contribution >= 0.6 is 0 Å². The van der Waals surface area contributed by atoms with Gasteiger partial charge in [-0.1, -0.05) is 80.6 Å². The van der Waals surface area contributed by atoms with E-state index in [-0.39, 0.29) is 23.8 Å². The third-order valence-corrected chi connectivity index (χ3v) is 13.7. The van der Waals surface area contributed by atoms with Gasteiger partial charge in [-0.25, -0.2) is 19.6 Å². The Hall–Kier alpha value is -7.42. The lowest BCUT2D eigenvalue weighted by atomic mass is 9.95. The lowest BCUT2D eigenvalue weighted by Crippen LogP contribution is -2.55. The molecule has 4 amide bonds. The normalized spacial score (nSPS) is 18.1. The first-order chi connectivity index (χ1) is 32.3. The number of aromatic amines is 2. The average Bonchev–Trinajstić information content (AvgIpc) is 4.21. The zero-order valence-electron chi connectivity index (χ0n) is 38.8. The maximum Gasteiger partial charge on any atom is 0.407 e. The molecule has 4 atom stereocenters. The van der Waals surface area contributed by atoms with Crippen molar-refractivity contribution in [2.75, 3.05) is 27.3 Å². The van der Waals surface area contributed by atoms with Gasteiger partial charge in [-0.2, -0.15) is 0 Å². The molecule has 0 saturated carbocycles. The summed E-state index contributed by atoms with van der Waals surface area (Å²) < 4.78 is 11.8. The minimum absolute atomic E-state index is 0.125. The first-order valence-electron chi connectivity index (χ1n) is 22.9. The van der Waals surface area contributed by atoms with Gasteiger partial charge in [0.25, 0.3) is 0 Å². The Kier molecular flexibility index (Phi) is 12.3. The summed E-state index contributed by atoms with van der Waals surface area (Å²) in [6.45, 7) is 6.97. The average molecular weight is 904 g/mol. The van der Waals surface area contributed by atoms with Gasteiger partial charge >= 0.3 is 12.2 Å². The highest BCUT2D eigenvalue weighted by molar-refractivity contribution is 5.92. The summed E-state index contributed by atoms with van der Waals surface area (Å²) in [4.78, 5) is 73.0. The number of methoxy groups -OCH3 is 2. The van der Waals surface area contributed by atoms with Gasteiger partial charge in [-0.15, -0.1) is 0 Å². The molecular formula is C52H57N9O6. The summed E-state index contributed by atoms with van der Waals surface area (Å²) in [5, 5.41) is 8.75. The molecule has 4 aromatic carbocycles. The van der Waals surface area contributed by atoms with Crippen molar-refractivity contribution >= 4 is 45.7 Å². The number of ether oxygens (including phenoxy) is 2. The highest BCUT2D eigenvalue weighted by Crippen LogP contribution is 2.39. The number of imidazole rings is 2. The number of carbonyl (C=O) groups excluding carboxylic acids is 4. The summed E-state index contributed by atoms with van der Waals surface area (Å²) >= 11 is 0. The highest BCUT2D eigenvalue weighted by atomic mass is 16.5. The van der Waals surface area contributed by atoms with E-state index in [2.05, 4.69) is 81.3 Å². The number of amides is 4. The summed E-state index contributed by atoms with van der Waals surface area (Å²) in [5.41, 5.74) is 7.19. The molecule has 346 valence electrons. The van der Waals surface area contributed by atoms with Crippen molar-refractivity contribution in [1.29, 1.82) is 0 Å². The lowest BCUT2D eigenvalue weighted by Gasteiger charge is -2.37. The number of likely N-dealkylation sites (tertiary alicyclic amines) is 2. The van der Waals surface area contributed by atoms with Gasteiger partial charge in [-0.05, 0) is 89.8 Å². The van der Waals surface area contributed by atoms with Gasteiger partial charge in [-0.3, -0.25) is 9.59 Å². The predicted octanol–water partition coefficient (Wildman–Crippen LogP) is 8.63. The monoisotopic (exact) mass is 903 g/mol. The number of nitrogens with zero attached hydrogens (tertiary/aromatic N) is 5. The molecule has 67 heavy (non-hydrogen) atoms. The molecule has 2 aliphatic rings. The fourth-order valence-electron chi connectivity index (χ4n) is 9.98. The third kappa shape index (κ3) is 8.73. The first kappa shape index (κ1) is 44.8. The molecular weight excluding hydrogens is 847 g/mol. The number of aryl methyl sites for hydroxylation is 1. The Morgan fingerprint density at radius 3 is 2.18 bits per heavy atom. The van der Waals surface area contributed by atoms with Crippen LogP contribution in [0.2, 0.25) is 0 Å². The number of carbonyl (C=O) groups is 4. The van der Waals surface area contributed by atoms with E-state index in [1.54, 1.807) is 0 Å². The van der Waals surface area contributed by atoms with Crippen LogP contribution < -0.4 is 10.6 Å². The number of hydrogen-bond donors (Lipinski definition) is 4. The Morgan fingerprint density at radius 2 is 1.43 bits per heavy atom. The van der Waals surface area contributed by atoms with Crippen molar-refractivity contribution < 1.29 is 28.7 Å². The van der Waals surface area contributed by atoms with Crippen LogP contribution in [0.5, 0.6) is 0 Å². The molecule has 7 aromatic rings.